The number of aromatic nitrogens is 2. The molecule has 1 aromatic heterocycles. The summed E-state index contributed by atoms with van der Waals surface area (Å²) in [5.41, 5.74) is 8.81. The molecule has 0 radical (unpaired) electrons. The molecular formula is C16H23N3. The Morgan fingerprint density at radius 3 is 2.89 bits per heavy atom. The average molecular weight is 257 g/mol. The zero-order chi connectivity index (χ0) is 13.4. The second-order valence-electron chi connectivity index (χ2n) is 6.03. The van der Waals surface area contributed by atoms with Crippen LogP contribution in [-0.2, 0) is 13.5 Å². The van der Waals surface area contributed by atoms with Crippen molar-refractivity contribution in [1.29, 1.82) is 0 Å². The van der Waals surface area contributed by atoms with Gasteiger partial charge in [-0.25, -0.2) is 0 Å². The Hall–Kier alpha value is -1.35. The topological polar surface area (TPSA) is 43.8 Å². The van der Waals surface area contributed by atoms with Gasteiger partial charge in [-0.15, -0.1) is 0 Å². The molecule has 0 bridgehead atoms. The summed E-state index contributed by atoms with van der Waals surface area (Å²) in [6.45, 7) is 2.34. The van der Waals surface area contributed by atoms with Crippen molar-refractivity contribution in [1.82, 2.24) is 9.78 Å². The van der Waals surface area contributed by atoms with E-state index in [2.05, 4.69) is 36.3 Å². The normalized spacial score (nSPS) is 25.0. The fraction of sp³-hybridized carbons (Fsp3) is 0.562. The van der Waals surface area contributed by atoms with Crippen LogP contribution < -0.4 is 5.73 Å². The zero-order valence-corrected chi connectivity index (χ0v) is 11.8. The van der Waals surface area contributed by atoms with Crippen LogP contribution in [0.5, 0.6) is 0 Å². The van der Waals surface area contributed by atoms with Gasteiger partial charge in [-0.2, -0.15) is 5.10 Å². The first-order valence-corrected chi connectivity index (χ1v) is 7.33. The standard InChI is InChI=1S/C16H23N3/c1-11-6-5-8-12(11)14(17)10-15-13-7-3-4-9-16(13)19(2)18-15/h3-4,7,9,11-12,14H,5-6,8,10,17H2,1-2H3. The monoisotopic (exact) mass is 257 g/mol. The molecule has 1 saturated carbocycles. The summed E-state index contributed by atoms with van der Waals surface area (Å²) in [6.07, 6.45) is 4.85. The van der Waals surface area contributed by atoms with Crippen LogP contribution in [0.2, 0.25) is 0 Å². The van der Waals surface area contributed by atoms with Crippen molar-refractivity contribution in [2.75, 3.05) is 0 Å². The van der Waals surface area contributed by atoms with E-state index in [4.69, 9.17) is 5.73 Å². The Bertz CT molecular complexity index is 572. The first kappa shape index (κ1) is 12.7. The molecule has 3 atom stereocenters. The minimum atomic E-state index is 0.246. The largest absolute Gasteiger partial charge is 0.327 e. The number of para-hydroxylation sites is 1. The van der Waals surface area contributed by atoms with Gasteiger partial charge in [0, 0.05) is 24.9 Å². The SMILES string of the molecule is CC1CCCC1C(N)Cc1nn(C)c2ccccc12. The minimum absolute atomic E-state index is 0.246. The van der Waals surface area contributed by atoms with E-state index in [1.807, 2.05) is 11.7 Å². The molecule has 0 aliphatic heterocycles. The minimum Gasteiger partial charge on any atom is -0.327 e. The van der Waals surface area contributed by atoms with E-state index in [1.165, 1.54) is 30.2 Å². The number of hydrogen-bond donors (Lipinski definition) is 1. The smallest absolute Gasteiger partial charge is 0.0718 e. The van der Waals surface area contributed by atoms with E-state index in [-0.39, 0.29) is 6.04 Å². The van der Waals surface area contributed by atoms with Crippen LogP contribution in [0.25, 0.3) is 10.9 Å². The van der Waals surface area contributed by atoms with Crippen LogP contribution >= 0.6 is 0 Å². The summed E-state index contributed by atoms with van der Waals surface area (Å²) in [5, 5.41) is 5.92. The lowest BCUT2D eigenvalue weighted by atomic mass is 9.88. The lowest BCUT2D eigenvalue weighted by molar-refractivity contribution is 0.341. The van der Waals surface area contributed by atoms with Crippen molar-refractivity contribution in [3.63, 3.8) is 0 Å². The van der Waals surface area contributed by atoms with Gasteiger partial charge in [-0.05, 0) is 24.3 Å². The summed E-state index contributed by atoms with van der Waals surface area (Å²) >= 11 is 0. The Balaban J connectivity index is 1.85. The molecule has 0 saturated heterocycles. The molecule has 2 N–H and O–H groups in total. The second kappa shape index (κ2) is 4.97. The van der Waals surface area contributed by atoms with Crippen LogP contribution in [0.15, 0.2) is 24.3 Å². The third kappa shape index (κ3) is 2.27. The maximum absolute atomic E-state index is 6.45. The molecule has 1 aromatic carbocycles. The Labute approximate surface area is 114 Å². The summed E-state index contributed by atoms with van der Waals surface area (Å²) in [4.78, 5) is 0. The van der Waals surface area contributed by atoms with Crippen molar-refractivity contribution in [2.45, 2.75) is 38.6 Å². The highest BCUT2D eigenvalue weighted by Crippen LogP contribution is 2.34. The van der Waals surface area contributed by atoms with Crippen molar-refractivity contribution < 1.29 is 0 Å². The number of nitrogens with zero attached hydrogens (tertiary/aromatic N) is 2. The molecule has 3 heteroatoms. The van der Waals surface area contributed by atoms with Crippen LogP contribution in [0.3, 0.4) is 0 Å². The number of nitrogens with two attached hydrogens (primary N) is 1. The van der Waals surface area contributed by atoms with Gasteiger partial charge in [0.15, 0.2) is 0 Å². The molecule has 3 unspecified atom stereocenters. The van der Waals surface area contributed by atoms with E-state index in [0.717, 1.165) is 18.0 Å². The first-order valence-electron chi connectivity index (χ1n) is 7.33. The van der Waals surface area contributed by atoms with Gasteiger partial charge >= 0.3 is 0 Å². The van der Waals surface area contributed by atoms with Gasteiger partial charge in [0.25, 0.3) is 0 Å². The van der Waals surface area contributed by atoms with Crippen LogP contribution in [-0.4, -0.2) is 15.8 Å². The van der Waals surface area contributed by atoms with Gasteiger partial charge in [-0.3, -0.25) is 4.68 Å². The molecule has 19 heavy (non-hydrogen) atoms. The van der Waals surface area contributed by atoms with Gasteiger partial charge in [-0.1, -0.05) is 38.0 Å². The Kier molecular flexibility index (Phi) is 3.31. The molecule has 0 amide bonds. The molecule has 0 spiro atoms. The quantitative estimate of drug-likeness (QED) is 0.919. The molecule has 2 aromatic rings. The lowest BCUT2D eigenvalue weighted by Crippen LogP contribution is -2.33. The number of rotatable bonds is 3. The molecule has 1 fully saturated rings. The molecule has 1 aliphatic rings. The fourth-order valence-corrected chi connectivity index (χ4v) is 3.62. The summed E-state index contributed by atoms with van der Waals surface area (Å²) < 4.78 is 1.97. The van der Waals surface area contributed by atoms with Gasteiger partial charge in [0.05, 0.1) is 11.2 Å². The molecule has 1 aliphatic carbocycles. The summed E-state index contributed by atoms with van der Waals surface area (Å²) in [5.74, 6) is 1.44. The number of hydrogen-bond acceptors (Lipinski definition) is 2. The zero-order valence-electron chi connectivity index (χ0n) is 11.8. The van der Waals surface area contributed by atoms with E-state index < -0.39 is 0 Å². The van der Waals surface area contributed by atoms with Crippen LogP contribution in [0.4, 0.5) is 0 Å². The fourth-order valence-electron chi connectivity index (χ4n) is 3.62. The van der Waals surface area contributed by atoms with E-state index >= 15 is 0 Å². The van der Waals surface area contributed by atoms with Crippen molar-refractivity contribution in [2.24, 2.45) is 24.6 Å². The van der Waals surface area contributed by atoms with Gasteiger partial charge in [0.2, 0.25) is 0 Å². The average Bonchev–Trinajstić information content (AvgIpc) is 2.95. The second-order valence-corrected chi connectivity index (χ2v) is 6.03. The highest BCUT2D eigenvalue weighted by atomic mass is 15.3. The van der Waals surface area contributed by atoms with Gasteiger partial charge in [0.1, 0.15) is 0 Å². The first-order chi connectivity index (χ1) is 9.16. The predicted molar refractivity (Wildman–Crippen MR) is 78.9 cm³/mol. The van der Waals surface area contributed by atoms with Crippen molar-refractivity contribution in [3.8, 4) is 0 Å². The van der Waals surface area contributed by atoms with Crippen LogP contribution in [0.1, 0.15) is 31.9 Å². The van der Waals surface area contributed by atoms with Gasteiger partial charge < -0.3 is 5.73 Å². The number of fused-ring (bicyclic) bond motifs is 1. The Morgan fingerprint density at radius 2 is 2.16 bits per heavy atom. The third-order valence-electron chi connectivity index (χ3n) is 4.74. The predicted octanol–water partition coefficient (Wildman–Crippen LogP) is 2.88. The third-order valence-corrected chi connectivity index (χ3v) is 4.74. The molecule has 3 nitrogen and oxygen atoms in total. The molecule has 102 valence electrons. The van der Waals surface area contributed by atoms with Crippen LogP contribution in [0, 0.1) is 11.8 Å². The summed E-state index contributed by atoms with van der Waals surface area (Å²) in [6, 6.07) is 8.66. The lowest BCUT2D eigenvalue weighted by Gasteiger charge is -2.22. The molecular weight excluding hydrogens is 234 g/mol. The van der Waals surface area contributed by atoms with E-state index in [9.17, 15) is 0 Å². The highest BCUT2D eigenvalue weighted by molar-refractivity contribution is 5.81. The van der Waals surface area contributed by atoms with Crippen molar-refractivity contribution >= 4 is 10.9 Å². The maximum atomic E-state index is 6.45. The number of aryl methyl sites for hydroxylation is 1. The highest BCUT2D eigenvalue weighted by Gasteiger charge is 2.29. The number of benzene rings is 1. The van der Waals surface area contributed by atoms with E-state index in [1.54, 1.807) is 0 Å². The maximum Gasteiger partial charge on any atom is 0.0718 e. The molecule has 1 heterocycles. The molecule has 3 rings (SSSR count). The Morgan fingerprint density at radius 1 is 1.37 bits per heavy atom. The summed E-state index contributed by atoms with van der Waals surface area (Å²) in [7, 11) is 2.01. The van der Waals surface area contributed by atoms with E-state index in [0.29, 0.717) is 5.92 Å². The van der Waals surface area contributed by atoms with Crippen molar-refractivity contribution in [3.05, 3.63) is 30.0 Å².